The van der Waals surface area contributed by atoms with Crippen molar-refractivity contribution in [1.82, 2.24) is 5.32 Å². The van der Waals surface area contributed by atoms with E-state index >= 15 is 0 Å². The number of hydrogen-bond donors (Lipinski definition) is 2. The fraction of sp³-hybridized carbons (Fsp3) is 0.545. The maximum atomic E-state index is 12.0. The zero-order valence-corrected chi connectivity index (χ0v) is 13.3. The van der Waals surface area contributed by atoms with Crippen LogP contribution in [0, 0.1) is 0 Å². The molecule has 1 unspecified atom stereocenters. The second-order valence-corrected chi connectivity index (χ2v) is 6.94. The van der Waals surface area contributed by atoms with E-state index in [2.05, 4.69) is 21.2 Å². The van der Waals surface area contributed by atoms with Crippen molar-refractivity contribution in [2.45, 2.75) is 32.2 Å². The molecule has 3 nitrogen and oxygen atoms in total. The van der Waals surface area contributed by atoms with Crippen molar-refractivity contribution >= 4 is 45.6 Å². The van der Waals surface area contributed by atoms with Gasteiger partial charge >= 0.3 is 0 Å². The SMILES string of the molecule is CC(C(=O)NC(C)(C)CN)c1ccc(Br)s1.Cl. The Kier molecular flexibility index (Phi) is 6.69. The third-order valence-electron chi connectivity index (χ3n) is 2.39. The van der Waals surface area contributed by atoms with Crippen LogP contribution < -0.4 is 11.1 Å². The van der Waals surface area contributed by atoms with Crippen molar-refractivity contribution in [3.63, 3.8) is 0 Å². The summed E-state index contributed by atoms with van der Waals surface area (Å²) in [5, 5.41) is 2.94. The predicted molar refractivity (Wildman–Crippen MR) is 79.0 cm³/mol. The van der Waals surface area contributed by atoms with Crippen LogP contribution in [0.5, 0.6) is 0 Å². The Morgan fingerprint density at radius 1 is 1.59 bits per heavy atom. The van der Waals surface area contributed by atoms with Crippen molar-refractivity contribution < 1.29 is 4.79 Å². The lowest BCUT2D eigenvalue weighted by molar-refractivity contribution is -0.123. The van der Waals surface area contributed by atoms with Gasteiger partial charge in [-0.25, -0.2) is 0 Å². The molecular weight excluding hydrogens is 324 g/mol. The van der Waals surface area contributed by atoms with Gasteiger partial charge in [0.15, 0.2) is 0 Å². The number of rotatable bonds is 4. The molecule has 3 N–H and O–H groups in total. The fourth-order valence-electron chi connectivity index (χ4n) is 1.18. The first kappa shape index (κ1) is 16.9. The number of hydrogen-bond acceptors (Lipinski definition) is 3. The standard InChI is InChI=1S/C11H17BrN2OS.ClH/c1-7(8-4-5-9(12)16-8)10(15)14-11(2,3)6-13;/h4-5,7H,6,13H2,1-3H3,(H,14,15);1H. The third-order valence-corrected chi connectivity index (χ3v) is 4.19. The predicted octanol–water partition coefficient (Wildman–Crippen LogP) is 2.89. The Morgan fingerprint density at radius 3 is 2.59 bits per heavy atom. The monoisotopic (exact) mass is 340 g/mol. The first-order chi connectivity index (χ1) is 7.35. The summed E-state index contributed by atoms with van der Waals surface area (Å²) in [7, 11) is 0. The van der Waals surface area contributed by atoms with Crippen LogP contribution in [0.4, 0.5) is 0 Å². The lowest BCUT2D eigenvalue weighted by Crippen LogP contribution is -2.50. The Labute approximate surface area is 121 Å². The van der Waals surface area contributed by atoms with E-state index in [0.29, 0.717) is 6.54 Å². The number of amides is 1. The smallest absolute Gasteiger partial charge is 0.228 e. The normalized spacial score (nSPS) is 12.8. The first-order valence-corrected chi connectivity index (χ1v) is 6.74. The van der Waals surface area contributed by atoms with Crippen LogP contribution in [-0.4, -0.2) is 18.0 Å². The number of halogens is 2. The summed E-state index contributed by atoms with van der Waals surface area (Å²) in [6.45, 7) is 6.17. The summed E-state index contributed by atoms with van der Waals surface area (Å²) in [5.74, 6) is -0.119. The average Bonchev–Trinajstić information content (AvgIpc) is 2.63. The van der Waals surface area contributed by atoms with Crippen molar-refractivity contribution in [3.05, 3.63) is 20.8 Å². The second-order valence-electron chi connectivity index (χ2n) is 4.44. The molecule has 0 aliphatic carbocycles. The summed E-state index contributed by atoms with van der Waals surface area (Å²) < 4.78 is 1.04. The van der Waals surface area contributed by atoms with Gasteiger partial charge in [0.2, 0.25) is 5.91 Å². The maximum Gasteiger partial charge on any atom is 0.228 e. The van der Waals surface area contributed by atoms with Gasteiger partial charge in [-0.1, -0.05) is 0 Å². The van der Waals surface area contributed by atoms with E-state index < -0.39 is 0 Å². The molecule has 0 bridgehead atoms. The topological polar surface area (TPSA) is 55.1 Å². The van der Waals surface area contributed by atoms with Gasteiger partial charge in [0.05, 0.1) is 9.70 Å². The molecule has 1 amide bonds. The molecular formula is C11H18BrClN2OS. The molecule has 0 saturated heterocycles. The molecule has 0 fully saturated rings. The second kappa shape index (κ2) is 6.73. The molecule has 1 rings (SSSR count). The summed E-state index contributed by atoms with van der Waals surface area (Å²) in [6, 6.07) is 3.92. The van der Waals surface area contributed by atoms with Crippen LogP contribution in [-0.2, 0) is 4.79 Å². The van der Waals surface area contributed by atoms with E-state index in [1.54, 1.807) is 11.3 Å². The minimum Gasteiger partial charge on any atom is -0.349 e. The van der Waals surface area contributed by atoms with E-state index in [-0.39, 0.29) is 29.8 Å². The number of carbonyl (C=O) groups is 1. The van der Waals surface area contributed by atoms with Crippen molar-refractivity contribution in [1.29, 1.82) is 0 Å². The van der Waals surface area contributed by atoms with Gasteiger partial charge in [-0.3, -0.25) is 4.79 Å². The third kappa shape index (κ3) is 4.95. The van der Waals surface area contributed by atoms with Gasteiger partial charge < -0.3 is 11.1 Å². The first-order valence-electron chi connectivity index (χ1n) is 5.13. The Bertz CT molecular complexity index is 381. The van der Waals surface area contributed by atoms with E-state index in [4.69, 9.17) is 5.73 Å². The van der Waals surface area contributed by atoms with E-state index in [1.165, 1.54) is 0 Å². The zero-order chi connectivity index (χ0) is 12.3. The highest BCUT2D eigenvalue weighted by Crippen LogP contribution is 2.28. The molecule has 0 saturated carbocycles. The molecule has 0 aliphatic rings. The van der Waals surface area contributed by atoms with Crippen LogP contribution in [0.3, 0.4) is 0 Å². The number of nitrogens with two attached hydrogens (primary N) is 1. The van der Waals surface area contributed by atoms with Gasteiger partial charge in [-0.05, 0) is 48.8 Å². The Morgan fingerprint density at radius 2 is 2.18 bits per heavy atom. The largest absolute Gasteiger partial charge is 0.349 e. The summed E-state index contributed by atoms with van der Waals surface area (Å²) in [4.78, 5) is 13.0. The summed E-state index contributed by atoms with van der Waals surface area (Å²) in [5.41, 5.74) is 5.23. The fourth-order valence-corrected chi connectivity index (χ4v) is 2.66. The average molecular weight is 342 g/mol. The quantitative estimate of drug-likeness (QED) is 0.884. The molecule has 0 aliphatic heterocycles. The van der Waals surface area contributed by atoms with Crippen LogP contribution in [0.2, 0.25) is 0 Å². The van der Waals surface area contributed by atoms with Crippen LogP contribution in [0.15, 0.2) is 15.9 Å². The number of carbonyl (C=O) groups excluding carboxylic acids is 1. The molecule has 98 valence electrons. The van der Waals surface area contributed by atoms with Crippen LogP contribution in [0.1, 0.15) is 31.6 Å². The number of thiophene rings is 1. The molecule has 0 aromatic carbocycles. The number of nitrogens with one attached hydrogen (secondary N) is 1. The van der Waals surface area contributed by atoms with E-state index in [1.807, 2.05) is 32.9 Å². The molecule has 1 aromatic rings. The lowest BCUT2D eigenvalue weighted by Gasteiger charge is -2.25. The minimum absolute atomic E-state index is 0. The molecule has 1 heterocycles. The minimum atomic E-state index is -0.347. The molecule has 1 aromatic heterocycles. The highest BCUT2D eigenvalue weighted by atomic mass is 79.9. The van der Waals surface area contributed by atoms with Gasteiger partial charge in [-0.2, -0.15) is 0 Å². The molecule has 6 heteroatoms. The van der Waals surface area contributed by atoms with E-state index in [9.17, 15) is 4.79 Å². The molecule has 0 radical (unpaired) electrons. The molecule has 1 atom stereocenters. The lowest BCUT2D eigenvalue weighted by atomic mass is 10.0. The maximum absolute atomic E-state index is 12.0. The highest BCUT2D eigenvalue weighted by Gasteiger charge is 2.23. The molecule has 17 heavy (non-hydrogen) atoms. The van der Waals surface area contributed by atoms with Gasteiger partial charge in [-0.15, -0.1) is 23.7 Å². The van der Waals surface area contributed by atoms with Crippen molar-refractivity contribution in [2.24, 2.45) is 5.73 Å². The highest BCUT2D eigenvalue weighted by molar-refractivity contribution is 9.11. The summed E-state index contributed by atoms with van der Waals surface area (Å²) in [6.07, 6.45) is 0. The van der Waals surface area contributed by atoms with Crippen LogP contribution in [0.25, 0.3) is 0 Å². The Balaban J connectivity index is 0.00000256. The van der Waals surface area contributed by atoms with Gasteiger partial charge in [0.1, 0.15) is 0 Å². The van der Waals surface area contributed by atoms with Crippen molar-refractivity contribution in [2.75, 3.05) is 6.54 Å². The molecule has 0 spiro atoms. The Hall–Kier alpha value is -0.100. The van der Waals surface area contributed by atoms with Gasteiger partial charge in [0, 0.05) is 17.0 Å². The zero-order valence-electron chi connectivity index (χ0n) is 10.1. The van der Waals surface area contributed by atoms with Crippen LogP contribution >= 0.6 is 39.7 Å². The van der Waals surface area contributed by atoms with Crippen molar-refractivity contribution in [3.8, 4) is 0 Å². The van der Waals surface area contributed by atoms with E-state index in [0.717, 1.165) is 8.66 Å². The van der Waals surface area contributed by atoms with Gasteiger partial charge in [0.25, 0.3) is 0 Å². The summed E-state index contributed by atoms with van der Waals surface area (Å²) >= 11 is 4.97.